The molecule has 0 fully saturated rings. The van der Waals surface area contributed by atoms with Gasteiger partial charge < -0.3 is 0 Å². The molecule has 0 aromatic rings. The molecule has 4 N–H and O–H groups in total. The first-order valence-electron chi connectivity index (χ1n) is 1.80. The van der Waals surface area contributed by atoms with Gasteiger partial charge in [0.1, 0.15) is 0 Å². The van der Waals surface area contributed by atoms with Crippen LogP contribution in [0.5, 0.6) is 0 Å². The molecule has 0 amide bonds. The van der Waals surface area contributed by atoms with E-state index in [-0.39, 0.29) is 9.47 Å². The molecule has 0 rings (SSSR count). The van der Waals surface area contributed by atoms with Crippen molar-refractivity contribution < 1.29 is 4.94 Å². The molecule has 0 saturated heterocycles. The number of amidine groups is 2. The van der Waals surface area contributed by atoms with Crippen molar-refractivity contribution in [3.05, 3.63) is 0 Å². The minimum absolute atomic E-state index is 0.167. The van der Waals surface area contributed by atoms with Gasteiger partial charge in [0.15, 0.2) is 0 Å². The van der Waals surface area contributed by atoms with Gasteiger partial charge in [-0.3, -0.25) is 0 Å². The van der Waals surface area contributed by atoms with Crippen LogP contribution in [0.3, 0.4) is 0 Å². The van der Waals surface area contributed by atoms with Gasteiger partial charge in [0.25, 0.3) is 0 Å². The van der Waals surface area contributed by atoms with Gasteiger partial charge in [-0.15, -0.1) is 0 Å². The normalized spacial score (nSPS) is 13.3. The van der Waals surface area contributed by atoms with E-state index in [1.807, 2.05) is 0 Å². The van der Waals surface area contributed by atoms with Gasteiger partial charge in [0.2, 0.25) is 0 Å². The molecule has 0 heterocycles. The average molecular weight is 258 g/mol. The van der Waals surface area contributed by atoms with E-state index >= 15 is 0 Å². The summed E-state index contributed by atoms with van der Waals surface area (Å²) in [5, 5.41) is 6.43. The maximum absolute atomic E-state index is 5.03. The zero-order valence-corrected chi connectivity index (χ0v) is 7.70. The van der Waals surface area contributed by atoms with Gasteiger partial charge in [-0.1, -0.05) is 0 Å². The quantitative estimate of drug-likeness (QED) is 0.255. The zero-order chi connectivity index (χ0) is 7.28. The first-order chi connectivity index (χ1) is 4.13. The number of oxime groups is 2. The van der Waals surface area contributed by atoms with Crippen LogP contribution < -0.4 is 11.5 Å². The van der Waals surface area contributed by atoms with Crippen LogP contribution in [-0.2, 0) is 4.94 Å². The number of hydrogen-bond donors (Lipinski definition) is 2. The van der Waals surface area contributed by atoms with E-state index in [9.17, 15) is 0 Å². The van der Waals surface area contributed by atoms with E-state index in [4.69, 9.17) is 11.5 Å². The Morgan fingerprint density at radius 3 is 1.67 bits per heavy atom. The van der Waals surface area contributed by atoms with Crippen LogP contribution in [0.2, 0.25) is 0 Å². The summed E-state index contributed by atoms with van der Waals surface area (Å²) < 4.78 is 0.333. The molecular weight excluding hydrogens is 254 g/mol. The summed E-state index contributed by atoms with van der Waals surface area (Å²) in [5.74, 6) is 0. The van der Waals surface area contributed by atoms with Crippen LogP contribution in [0.15, 0.2) is 10.3 Å². The second-order valence-corrected chi connectivity index (χ2v) is 2.70. The second kappa shape index (κ2) is 4.64. The third-order valence-corrected chi connectivity index (χ3v) is 0.574. The number of rotatable bonds is 2. The van der Waals surface area contributed by atoms with Crippen molar-refractivity contribution >= 4 is 41.5 Å². The molecule has 0 unspecified atom stereocenters. The Kier molecular flexibility index (Phi) is 4.52. The predicted molar refractivity (Wildman–Crippen MR) is 35.8 cm³/mol. The molecule has 9 heavy (non-hydrogen) atoms. The molecule has 50 valence electrons. The summed E-state index contributed by atoms with van der Waals surface area (Å²) in [5.41, 5.74) is 10.1. The van der Waals surface area contributed by atoms with E-state index in [0.29, 0.717) is 0 Å². The van der Waals surface area contributed by atoms with Crippen molar-refractivity contribution in [3.8, 4) is 0 Å². The molecular formula is C2H4N4OSe2. The summed E-state index contributed by atoms with van der Waals surface area (Å²) >= 11 is 4.79. The Bertz CT molecular complexity index is 120. The standard InChI is InChI=1S/C2H4N4OSe2/c3-1(8)5-7-6-2(4)9/h(H2,3,5)(H2,4,6). The Balaban J connectivity index is 3.53. The van der Waals surface area contributed by atoms with Crippen LogP contribution in [0.25, 0.3) is 0 Å². The van der Waals surface area contributed by atoms with Crippen molar-refractivity contribution in [2.75, 3.05) is 0 Å². The van der Waals surface area contributed by atoms with Crippen molar-refractivity contribution in [2.45, 2.75) is 0 Å². The van der Waals surface area contributed by atoms with Crippen molar-refractivity contribution in [2.24, 2.45) is 21.8 Å². The topological polar surface area (TPSA) is 86.0 Å². The molecule has 0 atom stereocenters. The van der Waals surface area contributed by atoms with Crippen LogP contribution in [0.1, 0.15) is 0 Å². The van der Waals surface area contributed by atoms with Gasteiger partial charge in [0.05, 0.1) is 0 Å². The fourth-order valence-corrected chi connectivity index (χ4v) is 0.241. The molecule has 0 aliphatic carbocycles. The summed E-state index contributed by atoms with van der Waals surface area (Å²) in [4.78, 5) is 4.22. The third kappa shape index (κ3) is 7.78. The Morgan fingerprint density at radius 1 is 1.11 bits per heavy atom. The van der Waals surface area contributed by atoms with E-state index < -0.39 is 0 Å². The molecule has 0 bridgehead atoms. The molecule has 0 aromatic heterocycles. The van der Waals surface area contributed by atoms with Gasteiger partial charge in [0, 0.05) is 0 Å². The third-order valence-electron chi connectivity index (χ3n) is 0.262. The first kappa shape index (κ1) is 8.78. The van der Waals surface area contributed by atoms with Crippen LogP contribution >= 0.6 is 0 Å². The SMILES string of the molecule is NC([Se])=NON=C(N)[Se]. The first-order valence-corrected chi connectivity index (χ1v) is 3.51. The number of nitrogens with two attached hydrogens (primary N) is 2. The monoisotopic (exact) mass is 260 g/mol. The van der Waals surface area contributed by atoms with Crippen molar-refractivity contribution in [1.29, 1.82) is 0 Å². The van der Waals surface area contributed by atoms with E-state index in [0.717, 1.165) is 0 Å². The van der Waals surface area contributed by atoms with E-state index in [1.54, 1.807) is 0 Å². The van der Waals surface area contributed by atoms with Gasteiger partial charge >= 0.3 is 68.2 Å². The fraction of sp³-hybridized carbons (Fsp3) is 0. The molecule has 2 radical (unpaired) electrons. The van der Waals surface area contributed by atoms with Crippen molar-refractivity contribution in [3.63, 3.8) is 0 Å². The summed E-state index contributed by atoms with van der Waals surface area (Å²) in [6.45, 7) is 0. The zero-order valence-electron chi connectivity index (χ0n) is 4.27. The Morgan fingerprint density at radius 2 is 1.44 bits per heavy atom. The van der Waals surface area contributed by atoms with Crippen molar-refractivity contribution in [1.82, 2.24) is 0 Å². The molecule has 0 spiro atoms. The maximum atomic E-state index is 5.03. The molecule has 7 heteroatoms. The van der Waals surface area contributed by atoms with Crippen LogP contribution in [0.4, 0.5) is 0 Å². The summed E-state index contributed by atoms with van der Waals surface area (Å²) in [6.07, 6.45) is 0. The molecule has 0 aliphatic heterocycles. The average Bonchev–Trinajstić information content (AvgIpc) is 1.63. The summed E-state index contributed by atoms with van der Waals surface area (Å²) in [6, 6.07) is 0. The van der Waals surface area contributed by atoms with E-state index in [2.05, 4.69) is 47.3 Å². The molecule has 0 aromatic carbocycles. The molecule has 5 nitrogen and oxygen atoms in total. The Hall–Kier alpha value is -0.221. The van der Waals surface area contributed by atoms with E-state index in [1.165, 1.54) is 0 Å². The fourth-order valence-electron chi connectivity index (χ4n) is 0.101. The molecule has 0 saturated carbocycles. The van der Waals surface area contributed by atoms with Gasteiger partial charge in [-0.2, -0.15) is 0 Å². The number of nitrogens with zero attached hydrogens (tertiary/aromatic N) is 2. The summed E-state index contributed by atoms with van der Waals surface area (Å²) in [7, 11) is 0. The van der Waals surface area contributed by atoms with Crippen LogP contribution in [0, 0.1) is 0 Å². The Labute approximate surface area is 68.5 Å². The van der Waals surface area contributed by atoms with Crippen LogP contribution in [-0.4, -0.2) is 41.5 Å². The van der Waals surface area contributed by atoms with Gasteiger partial charge in [-0.25, -0.2) is 0 Å². The number of hydrogen-bond acceptors (Lipinski definition) is 3. The predicted octanol–water partition coefficient (Wildman–Crippen LogP) is -2.20. The molecule has 0 aliphatic rings. The second-order valence-electron chi connectivity index (χ2n) is 0.941. The minimum atomic E-state index is 0.167. The van der Waals surface area contributed by atoms with Gasteiger partial charge in [-0.05, 0) is 0 Å².